The van der Waals surface area contributed by atoms with Crippen molar-refractivity contribution in [1.29, 1.82) is 0 Å². The van der Waals surface area contributed by atoms with Crippen molar-refractivity contribution in [2.45, 2.75) is 31.8 Å². The first-order valence-electron chi connectivity index (χ1n) is 10.6. The summed E-state index contributed by atoms with van der Waals surface area (Å²) in [6.07, 6.45) is -1.66. The number of hydrogen-bond donors (Lipinski definition) is 3. The lowest BCUT2D eigenvalue weighted by Gasteiger charge is -2.36. The topological polar surface area (TPSA) is 79.3 Å². The van der Waals surface area contributed by atoms with Crippen molar-refractivity contribution >= 4 is 6.03 Å². The highest BCUT2D eigenvalue weighted by Crippen LogP contribution is 2.24. The molecule has 2 amide bonds. The molecule has 2 aromatic rings. The normalized spacial score (nSPS) is 20.7. The van der Waals surface area contributed by atoms with Gasteiger partial charge in [0.15, 0.2) is 0 Å². The number of amides is 2. The van der Waals surface area contributed by atoms with Crippen LogP contribution in [0.5, 0.6) is 0 Å². The third kappa shape index (κ3) is 4.89. The Labute approximate surface area is 182 Å². The van der Waals surface area contributed by atoms with Crippen LogP contribution in [0.1, 0.15) is 23.6 Å². The van der Waals surface area contributed by atoms with Gasteiger partial charge in [-0.05, 0) is 36.8 Å². The van der Waals surface area contributed by atoms with Gasteiger partial charge in [0.05, 0.1) is 12.1 Å². The van der Waals surface area contributed by atoms with Gasteiger partial charge in [0.2, 0.25) is 0 Å². The summed E-state index contributed by atoms with van der Waals surface area (Å²) in [5, 5.41) is 19.2. The maximum atomic E-state index is 12.7. The van der Waals surface area contributed by atoms with Gasteiger partial charge in [-0.25, -0.2) is 4.79 Å². The van der Waals surface area contributed by atoms with E-state index in [2.05, 4.69) is 34.4 Å². The molecule has 2 aromatic carbocycles. The summed E-state index contributed by atoms with van der Waals surface area (Å²) in [6, 6.07) is 18.1. The first-order valence-corrected chi connectivity index (χ1v) is 10.6. The van der Waals surface area contributed by atoms with E-state index in [4.69, 9.17) is 0 Å². The van der Waals surface area contributed by atoms with Gasteiger partial charge in [-0.15, -0.1) is 0 Å². The van der Waals surface area contributed by atoms with E-state index in [0.29, 0.717) is 13.1 Å². The number of hydrogen-bond acceptors (Lipinski definition) is 5. The van der Waals surface area contributed by atoms with Crippen molar-refractivity contribution in [3.05, 3.63) is 71.3 Å². The summed E-state index contributed by atoms with van der Waals surface area (Å²) >= 11 is 0. The minimum atomic E-state index is -0.866. The average Bonchev–Trinajstić information content (AvgIpc) is 3.10. The molecule has 31 heavy (non-hydrogen) atoms. The van der Waals surface area contributed by atoms with E-state index < -0.39 is 12.3 Å². The molecule has 0 bridgehead atoms. The van der Waals surface area contributed by atoms with E-state index in [1.165, 1.54) is 10.5 Å². The highest BCUT2D eigenvalue weighted by atomic mass is 16.5. The second-order valence-corrected chi connectivity index (χ2v) is 8.14. The summed E-state index contributed by atoms with van der Waals surface area (Å²) in [5.74, 6) is 6.37. The largest absolute Gasteiger partial charge is 0.390 e. The SMILES string of the molecule is C[C@@H](O)[C@@H](NO)N1CC2CN(Cc3ccc(C#Cc4ccccc4)cc3)CCN2C1=O. The van der Waals surface area contributed by atoms with Gasteiger partial charge in [0.25, 0.3) is 0 Å². The number of nitrogens with zero attached hydrogens (tertiary/aromatic N) is 3. The number of carbonyl (C=O) groups is 1. The zero-order valence-corrected chi connectivity index (χ0v) is 17.6. The fourth-order valence-electron chi connectivity index (χ4n) is 4.23. The van der Waals surface area contributed by atoms with Gasteiger partial charge in [0.1, 0.15) is 6.17 Å². The lowest BCUT2D eigenvalue weighted by Crippen LogP contribution is -2.53. The maximum absolute atomic E-state index is 12.7. The van der Waals surface area contributed by atoms with E-state index in [1.54, 1.807) is 6.92 Å². The minimum absolute atomic E-state index is 0.0480. The number of piperazine rings is 1. The highest BCUT2D eigenvalue weighted by Gasteiger charge is 2.44. The minimum Gasteiger partial charge on any atom is -0.390 e. The van der Waals surface area contributed by atoms with Crippen LogP contribution in [0.3, 0.4) is 0 Å². The Morgan fingerprint density at radius 2 is 1.71 bits per heavy atom. The number of nitrogens with one attached hydrogen (secondary N) is 1. The van der Waals surface area contributed by atoms with Gasteiger partial charge in [-0.2, -0.15) is 5.48 Å². The lowest BCUT2D eigenvalue weighted by molar-refractivity contribution is -0.0127. The Bertz CT molecular complexity index is 952. The lowest BCUT2D eigenvalue weighted by atomic mass is 10.1. The molecule has 0 aliphatic carbocycles. The molecule has 162 valence electrons. The van der Waals surface area contributed by atoms with Crippen LogP contribution in [-0.4, -0.2) is 75.5 Å². The Balaban J connectivity index is 1.35. The van der Waals surface area contributed by atoms with Crippen molar-refractivity contribution in [1.82, 2.24) is 20.2 Å². The maximum Gasteiger partial charge on any atom is 0.321 e. The third-order valence-corrected chi connectivity index (χ3v) is 5.88. The number of aliphatic hydroxyl groups excluding tert-OH is 1. The molecule has 3 N–H and O–H groups in total. The van der Waals surface area contributed by atoms with Crippen molar-refractivity contribution in [2.24, 2.45) is 0 Å². The van der Waals surface area contributed by atoms with Crippen LogP contribution >= 0.6 is 0 Å². The first kappa shape index (κ1) is 21.3. The summed E-state index contributed by atoms with van der Waals surface area (Å²) in [5.41, 5.74) is 5.25. The molecule has 2 aliphatic rings. The molecule has 7 nitrogen and oxygen atoms in total. The van der Waals surface area contributed by atoms with Crippen molar-refractivity contribution in [3.8, 4) is 11.8 Å². The van der Waals surface area contributed by atoms with E-state index in [9.17, 15) is 15.1 Å². The van der Waals surface area contributed by atoms with E-state index in [1.807, 2.05) is 47.4 Å². The molecule has 0 aromatic heterocycles. The van der Waals surface area contributed by atoms with Crippen LogP contribution in [0.2, 0.25) is 0 Å². The summed E-state index contributed by atoms with van der Waals surface area (Å²) in [4.78, 5) is 18.4. The molecule has 0 saturated carbocycles. The van der Waals surface area contributed by atoms with Gasteiger partial charge in [-0.3, -0.25) is 4.90 Å². The van der Waals surface area contributed by atoms with Crippen LogP contribution in [0.4, 0.5) is 4.79 Å². The Morgan fingerprint density at radius 1 is 1.03 bits per heavy atom. The van der Waals surface area contributed by atoms with Gasteiger partial charge < -0.3 is 20.1 Å². The average molecular weight is 421 g/mol. The molecule has 1 unspecified atom stereocenters. The Hall–Kier alpha value is -2.89. The van der Waals surface area contributed by atoms with Gasteiger partial charge in [0, 0.05) is 43.9 Å². The summed E-state index contributed by atoms with van der Waals surface area (Å²) in [7, 11) is 0. The third-order valence-electron chi connectivity index (χ3n) is 5.88. The molecule has 2 aliphatic heterocycles. The number of aliphatic hydroxyl groups is 1. The number of rotatable bonds is 5. The van der Waals surface area contributed by atoms with E-state index in [0.717, 1.165) is 30.8 Å². The predicted molar refractivity (Wildman–Crippen MR) is 117 cm³/mol. The smallest absolute Gasteiger partial charge is 0.321 e. The van der Waals surface area contributed by atoms with Crippen molar-refractivity contribution in [2.75, 3.05) is 26.2 Å². The number of benzene rings is 2. The zero-order valence-electron chi connectivity index (χ0n) is 17.6. The second kappa shape index (κ2) is 9.50. The fraction of sp³-hybridized carbons (Fsp3) is 0.375. The first-order chi connectivity index (χ1) is 15.0. The monoisotopic (exact) mass is 420 g/mol. The van der Waals surface area contributed by atoms with E-state index >= 15 is 0 Å². The van der Waals surface area contributed by atoms with Crippen LogP contribution in [0.25, 0.3) is 0 Å². The standard InChI is InChI=1S/C24H28N4O3/c1-18(29)23(25-31)28-17-22-16-26(13-14-27(22)24(28)30)15-21-11-9-20(10-12-21)8-7-19-5-3-2-4-6-19/h2-6,9-12,18,22-23,25,29,31H,13-17H2,1H3/t18-,22?,23+/m1/s1. The van der Waals surface area contributed by atoms with Crippen molar-refractivity contribution < 1.29 is 15.1 Å². The highest BCUT2D eigenvalue weighted by molar-refractivity contribution is 5.77. The Kier molecular flexibility index (Phi) is 6.54. The number of hydroxylamine groups is 1. The summed E-state index contributed by atoms with van der Waals surface area (Å²) < 4.78 is 0. The van der Waals surface area contributed by atoms with E-state index in [-0.39, 0.29) is 12.1 Å². The number of urea groups is 1. The molecule has 2 fully saturated rings. The number of fused-ring (bicyclic) bond motifs is 1. The molecule has 3 atom stereocenters. The molecule has 0 radical (unpaired) electrons. The molecule has 7 heteroatoms. The molecule has 2 saturated heterocycles. The van der Waals surface area contributed by atoms with Crippen LogP contribution in [0.15, 0.2) is 54.6 Å². The molecular weight excluding hydrogens is 392 g/mol. The molecule has 2 heterocycles. The molecular formula is C24H28N4O3. The second-order valence-electron chi connectivity index (χ2n) is 8.14. The Morgan fingerprint density at radius 3 is 2.35 bits per heavy atom. The fourth-order valence-corrected chi connectivity index (χ4v) is 4.23. The number of carbonyl (C=O) groups excluding carboxylic acids is 1. The van der Waals surface area contributed by atoms with Gasteiger partial charge in [-0.1, -0.05) is 42.2 Å². The quantitative estimate of drug-likeness (QED) is 0.507. The van der Waals surface area contributed by atoms with Gasteiger partial charge >= 0.3 is 6.03 Å². The van der Waals surface area contributed by atoms with Crippen molar-refractivity contribution in [3.63, 3.8) is 0 Å². The van der Waals surface area contributed by atoms with Crippen LogP contribution in [0, 0.1) is 11.8 Å². The summed E-state index contributed by atoms with van der Waals surface area (Å²) in [6.45, 7) is 5.03. The molecule has 4 rings (SSSR count). The zero-order chi connectivity index (χ0) is 21.8. The molecule has 0 spiro atoms. The van der Waals surface area contributed by atoms with Crippen LogP contribution < -0.4 is 5.48 Å². The van der Waals surface area contributed by atoms with Crippen LogP contribution in [-0.2, 0) is 6.54 Å². The predicted octanol–water partition coefficient (Wildman–Crippen LogP) is 1.69.